The molecule has 9 heteroatoms. The lowest BCUT2D eigenvalue weighted by Crippen LogP contribution is -2.30. The van der Waals surface area contributed by atoms with Gasteiger partial charge in [0.1, 0.15) is 6.10 Å². The second kappa shape index (κ2) is 8.97. The Morgan fingerprint density at radius 3 is 2.73 bits per heavy atom. The van der Waals surface area contributed by atoms with Gasteiger partial charge in [-0.25, -0.2) is 0 Å². The number of carbonyl (C=O) groups is 1. The van der Waals surface area contributed by atoms with Gasteiger partial charge in [-0.05, 0) is 51.3 Å². The summed E-state index contributed by atoms with van der Waals surface area (Å²) >= 11 is 5.97. The van der Waals surface area contributed by atoms with Crippen LogP contribution in [0, 0.1) is 22.5 Å². The zero-order valence-corrected chi connectivity index (χ0v) is 17.8. The smallest absolute Gasteiger partial charge is 0.316 e. The van der Waals surface area contributed by atoms with Crippen molar-refractivity contribution in [2.24, 2.45) is 5.41 Å². The van der Waals surface area contributed by atoms with Crippen molar-refractivity contribution in [3.63, 3.8) is 0 Å². The average Bonchev–Trinajstić information content (AvgIpc) is 3.12. The molecule has 0 aliphatic carbocycles. The quantitative estimate of drug-likeness (QED) is 0.259. The standard InChI is InChI=1S/C21H23ClN2O6/c1-13-18(30-20(25)21(2,3)9-4-10-29-24(26)27)17-12-28-19(16(17)11-23-13)14-5-7-15(22)8-6-14/h5-8,11,19H,4,9-10,12H2,1-3H3/t19-/m0/s1. The van der Waals surface area contributed by atoms with E-state index in [-0.39, 0.29) is 12.7 Å². The summed E-state index contributed by atoms with van der Waals surface area (Å²) in [5.74, 6) is -0.0274. The van der Waals surface area contributed by atoms with Crippen LogP contribution in [0.5, 0.6) is 5.75 Å². The van der Waals surface area contributed by atoms with Crippen LogP contribution in [0.4, 0.5) is 0 Å². The van der Waals surface area contributed by atoms with Gasteiger partial charge in [0.05, 0.1) is 24.3 Å². The van der Waals surface area contributed by atoms with Crippen LogP contribution in [-0.4, -0.2) is 22.6 Å². The zero-order chi connectivity index (χ0) is 21.9. The van der Waals surface area contributed by atoms with E-state index in [2.05, 4.69) is 9.82 Å². The third-order valence-electron chi connectivity index (χ3n) is 5.09. The van der Waals surface area contributed by atoms with E-state index in [4.69, 9.17) is 21.1 Å². The van der Waals surface area contributed by atoms with Crippen LogP contribution in [0.15, 0.2) is 30.5 Å². The third-order valence-corrected chi connectivity index (χ3v) is 5.34. The van der Waals surface area contributed by atoms with Gasteiger partial charge in [-0.15, -0.1) is 10.1 Å². The van der Waals surface area contributed by atoms with Crippen molar-refractivity contribution in [1.82, 2.24) is 4.98 Å². The molecule has 0 radical (unpaired) electrons. The molecule has 160 valence electrons. The minimum atomic E-state index is -0.843. The van der Waals surface area contributed by atoms with E-state index in [0.29, 0.717) is 35.9 Å². The number of aryl methyl sites for hydroxylation is 1. The molecule has 1 aliphatic rings. The minimum absolute atomic E-state index is 0.0678. The second-order valence-electron chi connectivity index (χ2n) is 7.78. The van der Waals surface area contributed by atoms with Gasteiger partial charge in [0.15, 0.2) is 5.75 Å². The van der Waals surface area contributed by atoms with Crippen molar-refractivity contribution in [1.29, 1.82) is 0 Å². The van der Waals surface area contributed by atoms with E-state index < -0.39 is 16.5 Å². The summed E-state index contributed by atoms with van der Waals surface area (Å²) in [6.45, 7) is 5.48. The van der Waals surface area contributed by atoms with Gasteiger partial charge in [0.2, 0.25) is 0 Å². The molecule has 2 aromatic rings. The number of ether oxygens (including phenoxy) is 2. The first-order valence-electron chi connectivity index (χ1n) is 9.54. The number of carbonyl (C=O) groups excluding carboxylic acids is 1. The molecular weight excluding hydrogens is 412 g/mol. The molecule has 0 saturated heterocycles. The van der Waals surface area contributed by atoms with Gasteiger partial charge in [0, 0.05) is 22.3 Å². The largest absolute Gasteiger partial charge is 0.424 e. The molecule has 0 bridgehead atoms. The summed E-state index contributed by atoms with van der Waals surface area (Å²) in [4.78, 5) is 31.8. The van der Waals surface area contributed by atoms with Crippen molar-refractivity contribution >= 4 is 17.6 Å². The summed E-state index contributed by atoms with van der Waals surface area (Å²) in [6.07, 6.45) is 2.17. The summed E-state index contributed by atoms with van der Waals surface area (Å²) in [5.41, 5.74) is 2.33. The van der Waals surface area contributed by atoms with Gasteiger partial charge < -0.3 is 14.3 Å². The Balaban J connectivity index is 1.76. The molecule has 0 saturated carbocycles. The summed E-state index contributed by atoms with van der Waals surface area (Å²) in [6, 6.07) is 7.38. The van der Waals surface area contributed by atoms with Crippen LogP contribution in [0.1, 0.15) is 55.2 Å². The summed E-state index contributed by atoms with van der Waals surface area (Å²) in [5, 5.41) is 10.1. The molecule has 0 spiro atoms. The summed E-state index contributed by atoms with van der Waals surface area (Å²) < 4.78 is 11.7. The normalized spacial score (nSPS) is 15.5. The van der Waals surface area contributed by atoms with Gasteiger partial charge in [-0.1, -0.05) is 23.7 Å². The highest BCUT2D eigenvalue weighted by Crippen LogP contribution is 2.41. The number of hydrogen-bond donors (Lipinski definition) is 0. The fourth-order valence-corrected chi connectivity index (χ4v) is 3.44. The molecule has 0 N–H and O–H groups in total. The molecular formula is C21H23ClN2O6. The molecule has 1 aromatic carbocycles. The van der Waals surface area contributed by atoms with Gasteiger partial charge in [-0.2, -0.15) is 0 Å². The van der Waals surface area contributed by atoms with Crippen molar-refractivity contribution in [2.45, 2.75) is 46.3 Å². The fourth-order valence-electron chi connectivity index (χ4n) is 3.32. The van der Waals surface area contributed by atoms with E-state index in [9.17, 15) is 14.9 Å². The maximum Gasteiger partial charge on any atom is 0.316 e. The Bertz CT molecular complexity index is 945. The molecule has 1 aromatic heterocycles. The van der Waals surface area contributed by atoms with Crippen molar-refractivity contribution in [2.75, 3.05) is 6.61 Å². The highest BCUT2D eigenvalue weighted by Gasteiger charge is 2.34. The monoisotopic (exact) mass is 434 g/mol. The first-order chi connectivity index (χ1) is 14.2. The van der Waals surface area contributed by atoms with E-state index in [1.54, 1.807) is 39.1 Å². The van der Waals surface area contributed by atoms with Crippen molar-refractivity contribution in [3.8, 4) is 5.75 Å². The lowest BCUT2D eigenvalue weighted by molar-refractivity contribution is -0.757. The topological polar surface area (TPSA) is 101 Å². The Morgan fingerprint density at radius 2 is 2.07 bits per heavy atom. The number of benzene rings is 1. The lowest BCUT2D eigenvalue weighted by Gasteiger charge is -2.23. The first kappa shape index (κ1) is 22.0. The number of hydrogen-bond acceptors (Lipinski definition) is 7. The lowest BCUT2D eigenvalue weighted by atomic mass is 9.88. The Hall–Kier alpha value is -2.71. The van der Waals surface area contributed by atoms with Crippen LogP contribution >= 0.6 is 11.6 Å². The second-order valence-corrected chi connectivity index (χ2v) is 8.22. The number of halogens is 1. The Morgan fingerprint density at radius 1 is 1.37 bits per heavy atom. The number of esters is 1. The SMILES string of the molecule is Cc1ncc2c(c1OC(=O)C(C)(C)CCCO[N+](=O)[O-])CO[C@H]2c1ccc(Cl)cc1. The maximum atomic E-state index is 12.8. The molecule has 1 aliphatic heterocycles. The number of pyridine rings is 1. The van der Waals surface area contributed by atoms with Crippen LogP contribution in [0.25, 0.3) is 0 Å². The Kier molecular flexibility index (Phi) is 6.58. The molecule has 1 atom stereocenters. The van der Waals surface area contributed by atoms with Gasteiger partial charge in [-0.3, -0.25) is 9.78 Å². The number of aromatic nitrogens is 1. The highest BCUT2D eigenvalue weighted by molar-refractivity contribution is 6.30. The van der Waals surface area contributed by atoms with Crippen molar-refractivity contribution in [3.05, 3.63) is 68.0 Å². The number of nitrogens with zero attached hydrogens (tertiary/aromatic N) is 2. The van der Waals surface area contributed by atoms with Crippen LogP contribution in [0.2, 0.25) is 5.02 Å². The van der Waals surface area contributed by atoms with Gasteiger partial charge in [0.25, 0.3) is 5.09 Å². The molecule has 30 heavy (non-hydrogen) atoms. The predicted octanol–water partition coefficient (Wildman–Crippen LogP) is 4.58. The van der Waals surface area contributed by atoms with Crippen LogP contribution in [-0.2, 0) is 21.0 Å². The van der Waals surface area contributed by atoms with E-state index >= 15 is 0 Å². The highest BCUT2D eigenvalue weighted by atomic mass is 35.5. The maximum absolute atomic E-state index is 12.8. The van der Waals surface area contributed by atoms with E-state index in [1.807, 2.05) is 12.1 Å². The Labute approximate surface area is 179 Å². The molecule has 2 heterocycles. The van der Waals surface area contributed by atoms with Gasteiger partial charge >= 0.3 is 5.97 Å². The van der Waals surface area contributed by atoms with E-state index in [0.717, 1.165) is 16.7 Å². The summed E-state index contributed by atoms with van der Waals surface area (Å²) in [7, 11) is 0. The minimum Gasteiger partial charge on any atom is -0.424 e. The molecule has 3 rings (SSSR count). The fraction of sp³-hybridized carbons (Fsp3) is 0.429. The third kappa shape index (κ3) is 4.88. The van der Waals surface area contributed by atoms with Crippen LogP contribution in [0.3, 0.4) is 0 Å². The van der Waals surface area contributed by atoms with Crippen LogP contribution < -0.4 is 4.74 Å². The molecule has 8 nitrogen and oxygen atoms in total. The molecule has 0 fully saturated rings. The predicted molar refractivity (Wildman–Crippen MR) is 109 cm³/mol. The zero-order valence-electron chi connectivity index (χ0n) is 17.0. The number of fused-ring (bicyclic) bond motifs is 1. The number of rotatable bonds is 8. The molecule has 0 amide bonds. The van der Waals surface area contributed by atoms with Crippen molar-refractivity contribution < 1.29 is 24.2 Å². The molecule has 0 unspecified atom stereocenters. The first-order valence-corrected chi connectivity index (χ1v) is 9.92. The van der Waals surface area contributed by atoms with E-state index in [1.165, 1.54) is 0 Å². The average molecular weight is 435 g/mol.